The van der Waals surface area contributed by atoms with E-state index in [0.717, 1.165) is 16.6 Å². The van der Waals surface area contributed by atoms with Gasteiger partial charge in [-0.25, -0.2) is 4.79 Å². The first-order valence-electron chi connectivity index (χ1n) is 5.77. The molecule has 0 N–H and O–H groups in total. The van der Waals surface area contributed by atoms with Crippen molar-refractivity contribution >= 4 is 22.4 Å². The van der Waals surface area contributed by atoms with Gasteiger partial charge in [0.15, 0.2) is 5.58 Å². The zero-order valence-electron chi connectivity index (χ0n) is 10.3. The number of aryl methyl sites for hydroxylation is 2. The molecule has 4 heteroatoms. The van der Waals surface area contributed by atoms with E-state index in [1.54, 1.807) is 15.9 Å². The number of aromatic nitrogens is 1. The molecule has 0 radical (unpaired) electrons. The molecule has 0 saturated carbocycles. The van der Waals surface area contributed by atoms with Crippen LogP contribution in [-0.4, -0.2) is 4.57 Å². The van der Waals surface area contributed by atoms with Crippen LogP contribution in [0.3, 0.4) is 0 Å². The van der Waals surface area contributed by atoms with Gasteiger partial charge in [-0.05, 0) is 48.6 Å². The second kappa shape index (κ2) is 4.14. The van der Waals surface area contributed by atoms with Crippen LogP contribution < -0.4 is 5.76 Å². The average Bonchev–Trinajstić information content (AvgIpc) is 2.86. The van der Waals surface area contributed by atoms with Crippen molar-refractivity contribution in [2.24, 2.45) is 0 Å². The fraction of sp³-hybridized carbons (Fsp3) is 0.214. The lowest BCUT2D eigenvalue weighted by atomic mass is 10.2. The van der Waals surface area contributed by atoms with E-state index < -0.39 is 0 Å². The quantitative estimate of drug-likeness (QED) is 0.707. The van der Waals surface area contributed by atoms with Crippen LogP contribution in [0.1, 0.15) is 16.0 Å². The number of benzene rings is 1. The molecule has 0 fully saturated rings. The van der Waals surface area contributed by atoms with Gasteiger partial charge in [0.2, 0.25) is 0 Å². The molecule has 0 bridgehead atoms. The molecular formula is C14H13NO2S. The molecule has 0 atom stereocenters. The molecule has 0 aliphatic heterocycles. The predicted octanol–water partition coefficient (Wildman–Crippen LogP) is 3.32. The third-order valence-electron chi connectivity index (χ3n) is 2.95. The molecule has 2 heterocycles. The van der Waals surface area contributed by atoms with Gasteiger partial charge in [0.25, 0.3) is 0 Å². The third-order valence-corrected chi connectivity index (χ3v) is 3.86. The Morgan fingerprint density at radius 3 is 2.83 bits per heavy atom. The van der Waals surface area contributed by atoms with Crippen LogP contribution in [0.25, 0.3) is 11.1 Å². The van der Waals surface area contributed by atoms with Crippen molar-refractivity contribution in [1.29, 1.82) is 0 Å². The predicted molar refractivity (Wildman–Crippen MR) is 73.4 cm³/mol. The number of hydrogen-bond donors (Lipinski definition) is 0. The van der Waals surface area contributed by atoms with E-state index in [2.05, 4.69) is 18.4 Å². The highest BCUT2D eigenvalue weighted by Gasteiger charge is 2.10. The largest absolute Gasteiger partial charge is 0.420 e. The summed E-state index contributed by atoms with van der Waals surface area (Å²) in [6, 6.07) is 7.89. The molecule has 0 amide bonds. The van der Waals surface area contributed by atoms with E-state index >= 15 is 0 Å². The molecule has 3 aromatic rings. The van der Waals surface area contributed by atoms with E-state index in [-0.39, 0.29) is 5.76 Å². The fourth-order valence-electron chi connectivity index (χ4n) is 2.09. The highest BCUT2D eigenvalue weighted by Crippen LogP contribution is 2.18. The van der Waals surface area contributed by atoms with Crippen molar-refractivity contribution in [3.8, 4) is 0 Å². The Hall–Kier alpha value is -1.81. The Morgan fingerprint density at radius 1 is 1.28 bits per heavy atom. The van der Waals surface area contributed by atoms with Gasteiger partial charge in [-0.2, -0.15) is 0 Å². The second-order valence-electron chi connectivity index (χ2n) is 4.49. The number of oxazole rings is 1. The SMILES string of the molecule is Cc1ccc2oc(=O)n(Cc3csc(C)c3)c2c1. The van der Waals surface area contributed by atoms with Gasteiger partial charge < -0.3 is 4.42 Å². The Balaban J connectivity index is 2.13. The van der Waals surface area contributed by atoms with Crippen molar-refractivity contribution in [2.45, 2.75) is 20.4 Å². The average molecular weight is 259 g/mol. The van der Waals surface area contributed by atoms with Crippen LogP contribution in [0.2, 0.25) is 0 Å². The molecule has 92 valence electrons. The molecule has 0 spiro atoms. The van der Waals surface area contributed by atoms with Gasteiger partial charge >= 0.3 is 5.76 Å². The molecule has 2 aromatic heterocycles. The zero-order valence-corrected chi connectivity index (χ0v) is 11.1. The van der Waals surface area contributed by atoms with E-state index in [4.69, 9.17) is 4.42 Å². The molecule has 1 aromatic carbocycles. The minimum atomic E-state index is -0.292. The summed E-state index contributed by atoms with van der Waals surface area (Å²) in [6.45, 7) is 4.64. The molecule has 0 aliphatic carbocycles. The van der Waals surface area contributed by atoms with Gasteiger partial charge in [-0.15, -0.1) is 11.3 Å². The molecule has 3 nitrogen and oxygen atoms in total. The van der Waals surface area contributed by atoms with E-state index in [0.29, 0.717) is 12.1 Å². The zero-order chi connectivity index (χ0) is 12.7. The smallest absolute Gasteiger partial charge is 0.408 e. The van der Waals surface area contributed by atoms with E-state index in [1.165, 1.54) is 4.88 Å². The molecule has 0 saturated heterocycles. The monoisotopic (exact) mass is 259 g/mol. The minimum absolute atomic E-state index is 0.292. The first kappa shape index (κ1) is 11.3. The van der Waals surface area contributed by atoms with Crippen LogP contribution in [0, 0.1) is 13.8 Å². The maximum atomic E-state index is 11.9. The first-order valence-corrected chi connectivity index (χ1v) is 6.65. The number of fused-ring (bicyclic) bond motifs is 1. The van der Waals surface area contributed by atoms with Crippen molar-refractivity contribution in [3.05, 3.63) is 56.2 Å². The summed E-state index contributed by atoms with van der Waals surface area (Å²) in [5, 5.41) is 2.08. The molecule has 18 heavy (non-hydrogen) atoms. The summed E-state index contributed by atoms with van der Waals surface area (Å²) in [5.74, 6) is -0.292. The summed E-state index contributed by atoms with van der Waals surface area (Å²) in [5.41, 5.74) is 3.78. The molecule has 3 rings (SSSR count). The van der Waals surface area contributed by atoms with Crippen molar-refractivity contribution in [1.82, 2.24) is 4.57 Å². The normalized spacial score (nSPS) is 11.2. The summed E-state index contributed by atoms with van der Waals surface area (Å²) in [6.07, 6.45) is 0. The van der Waals surface area contributed by atoms with Gasteiger partial charge in [0.1, 0.15) is 0 Å². The minimum Gasteiger partial charge on any atom is -0.408 e. The van der Waals surface area contributed by atoms with Crippen LogP contribution in [0.5, 0.6) is 0 Å². The fourth-order valence-corrected chi connectivity index (χ4v) is 2.78. The Morgan fingerprint density at radius 2 is 2.11 bits per heavy atom. The molecule has 0 unspecified atom stereocenters. The highest BCUT2D eigenvalue weighted by atomic mass is 32.1. The summed E-state index contributed by atoms with van der Waals surface area (Å²) in [4.78, 5) is 13.1. The Bertz CT molecular complexity index is 764. The second-order valence-corrected chi connectivity index (χ2v) is 5.61. The van der Waals surface area contributed by atoms with Gasteiger partial charge in [-0.3, -0.25) is 4.57 Å². The molecular weight excluding hydrogens is 246 g/mol. The standard InChI is InChI=1S/C14H13NO2S/c1-9-3-4-13-12(5-9)15(14(16)17-13)7-11-6-10(2)18-8-11/h3-6,8H,7H2,1-2H3. The van der Waals surface area contributed by atoms with Crippen LogP contribution in [-0.2, 0) is 6.54 Å². The third kappa shape index (κ3) is 1.88. The molecule has 0 aliphatic rings. The van der Waals surface area contributed by atoms with Crippen molar-refractivity contribution in [2.75, 3.05) is 0 Å². The number of rotatable bonds is 2. The van der Waals surface area contributed by atoms with Gasteiger partial charge in [-0.1, -0.05) is 6.07 Å². The maximum absolute atomic E-state index is 11.9. The van der Waals surface area contributed by atoms with Gasteiger partial charge in [0, 0.05) is 4.88 Å². The highest BCUT2D eigenvalue weighted by molar-refractivity contribution is 7.10. The maximum Gasteiger partial charge on any atom is 0.420 e. The number of hydrogen-bond acceptors (Lipinski definition) is 3. The van der Waals surface area contributed by atoms with E-state index in [9.17, 15) is 4.79 Å². The van der Waals surface area contributed by atoms with Crippen molar-refractivity contribution in [3.63, 3.8) is 0 Å². The topological polar surface area (TPSA) is 35.1 Å². The van der Waals surface area contributed by atoms with E-state index in [1.807, 2.05) is 25.1 Å². The first-order chi connectivity index (χ1) is 8.63. The lowest BCUT2D eigenvalue weighted by Gasteiger charge is -2.00. The number of thiophene rings is 1. The van der Waals surface area contributed by atoms with Gasteiger partial charge in [0.05, 0.1) is 12.1 Å². The lowest BCUT2D eigenvalue weighted by Crippen LogP contribution is -2.14. The number of nitrogens with zero attached hydrogens (tertiary/aromatic N) is 1. The van der Waals surface area contributed by atoms with Crippen LogP contribution in [0.15, 0.2) is 38.9 Å². The summed E-state index contributed by atoms with van der Waals surface area (Å²) >= 11 is 1.69. The summed E-state index contributed by atoms with van der Waals surface area (Å²) < 4.78 is 6.93. The van der Waals surface area contributed by atoms with Crippen LogP contribution in [0.4, 0.5) is 0 Å². The lowest BCUT2D eigenvalue weighted by molar-refractivity contribution is 0.518. The Kier molecular flexibility index (Phi) is 2.59. The van der Waals surface area contributed by atoms with Crippen LogP contribution >= 0.6 is 11.3 Å². The van der Waals surface area contributed by atoms with Crippen molar-refractivity contribution < 1.29 is 4.42 Å². The summed E-state index contributed by atoms with van der Waals surface area (Å²) in [7, 11) is 0. The Labute approximate surface area is 108 Å².